The van der Waals surface area contributed by atoms with Crippen molar-refractivity contribution in [2.24, 2.45) is 5.92 Å². The van der Waals surface area contributed by atoms with Crippen LogP contribution in [0.15, 0.2) is 30.5 Å². The van der Waals surface area contributed by atoms with Gasteiger partial charge in [0.25, 0.3) is 0 Å². The molecule has 2 heterocycles. The molecule has 6 nitrogen and oxygen atoms in total. The molecule has 0 saturated carbocycles. The summed E-state index contributed by atoms with van der Waals surface area (Å²) in [7, 11) is 0. The van der Waals surface area contributed by atoms with Crippen molar-refractivity contribution >= 4 is 11.9 Å². The molecular formula is C24H33N5O. The molecule has 1 aromatic carbocycles. The summed E-state index contributed by atoms with van der Waals surface area (Å²) in [5, 5.41) is 3.17. The number of benzene rings is 1. The lowest BCUT2D eigenvalue weighted by atomic mass is 9.86. The highest BCUT2D eigenvalue weighted by Crippen LogP contribution is 2.25. The molecule has 1 aromatic heterocycles. The number of amides is 1. The molecule has 4 rings (SSSR count). The van der Waals surface area contributed by atoms with Crippen LogP contribution >= 0.6 is 0 Å². The van der Waals surface area contributed by atoms with Crippen molar-refractivity contribution in [1.82, 2.24) is 20.2 Å². The smallest absolute Gasteiger partial charge is 0.225 e. The zero-order chi connectivity index (χ0) is 20.9. The quantitative estimate of drug-likeness (QED) is 0.765. The topological polar surface area (TPSA) is 61.4 Å². The van der Waals surface area contributed by atoms with Crippen molar-refractivity contribution in [3.05, 3.63) is 52.8 Å². The van der Waals surface area contributed by atoms with Crippen molar-refractivity contribution in [2.45, 2.75) is 46.1 Å². The second kappa shape index (κ2) is 9.56. The van der Waals surface area contributed by atoms with Crippen molar-refractivity contribution in [1.29, 1.82) is 0 Å². The first kappa shape index (κ1) is 20.8. The van der Waals surface area contributed by atoms with Crippen LogP contribution in [0.1, 0.15) is 42.7 Å². The number of hydrogen-bond acceptors (Lipinski definition) is 5. The van der Waals surface area contributed by atoms with Crippen LogP contribution in [0.25, 0.3) is 0 Å². The number of carbonyl (C=O) groups excluding carboxylic acids is 1. The molecule has 0 fully saturated rings. The van der Waals surface area contributed by atoms with E-state index in [2.05, 4.69) is 58.2 Å². The van der Waals surface area contributed by atoms with Crippen molar-refractivity contribution in [3.8, 4) is 0 Å². The van der Waals surface area contributed by atoms with E-state index in [4.69, 9.17) is 4.98 Å². The fourth-order valence-electron chi connectivity index (χ4n) is 4.61. The Morgan fingerprint density at radius 1 is 1.17 bits per heavy atom. The van der Waals surface area contributed by atoms with Crippen LogP contribution in [0.4, 0.5) is 5.95 Å². The number of aromatic nitrogens is 2. The molecule has 1 aliphatic carbocycles. The summed E-state index contributed by atoms with van der Waals surface area (Å²) in [5.74, 6) is 1.01. The van der Waals surface area contributed by atoms with E-state index >= 15 is 0 Å². The van der Waals surface area contributed by atoms with Crippen LogP contribution in [-0.2, 0) is 30.6 Å². The Hall–Kier alpha value is -2.47. The predicted molar refractivity (Wildman–Crippen MR) is 120 cm³/mol. The monoisotopic (exact) mass is 407 g/mol. The predicted octanol–water partition coefficient (Wildman–Crippen LogP) is 2.60. The van der Waals surface area contributed by atoms with Crippen molar-refractivity contribution in [3.63, 3.8) is 0 Å². The van der Waals surface area contributed by atoms with Crippen LogP contribution in [0.5, 0.6) is 0 Å². The molecule has 2 aliphatic rings. The van der Waals surface area contributed by atoms with Crippen LogP contribution in [-0.4, -0.2) is 53.5 Å². The van der Waals surface area contributed by atoms with Crippen LogP contribution in [0.3, 0.4) is 0 Å². The van der Waals surface area contributed by atoms with Crippen LogP contribution < -0.4 is 10.2 Å². The molecule has 0 spiro atoms. The number of aryl methyl sites for hydroxylation is 1. The van der Waals surface area contributed by atoms with E-state index in [9.17, 15) is 4.79 Å². The molecule has 160 valence electrons. The van der Waals surface area contributed by atoms with Gasteiger partial charge in [-0.25, -0.2) is 9.97 Å². The van der Waals surface area contributed by atoms with E-state index in [-0.39, 0.29) is 11.8 Å². The molecule has 0 unspecified atom stereocenters. The molecule has 0 radical (unpaired) electrons. The number of carbonyl (C=O) groups is 1. The first-order chi connectivity index (χ1) is 14.7. The van der Waals surface area contributed by atoms with Crippen LogP contribution in [0, 0.1) is 5.92 Å². The molecule has 6 heteroatoms. The van der Waals surface area contributed by atoms with Gasteiger partial charge in [0, 0.05) is 57.1 Å². The van der Waals surface area contributed by atoms with Gasteiger partial charge in [-0.1, -0.05) is 24.3 Å². The minimum atomic E-state index is 0.0301. The summed E-state index contributed by atoms with van der Waals surface area (Å²) in [6.07, 6.45) is 5.49. The summed E-state index contributed by atoms with van der Waals surface area (Å²) in [6, 6.07) is 8.67. The zero-order valence-corrected chi connectivity index (χ0v) is 18.2. The molecule has 1 N–H and O–H groups in total. The summed E-state index contributed by atoms with van der Waals surface area (Å²) in [6.45, 7) is 9.71. The third-order valence-corrected chi connectivity index (χ3v) is 6.49. The fourth-order valence-corrected chi connectivity index (χ4v) is 4.61. The Morgan fingerprint density at radius 2 is 1.97 bits per heavy atom. The number of nitrogens with zero attached hydrogens (tertiary/aromatic N) is 4. The minimum absolute atomic E-state index is 0.0301. The van der Waals surface area contributed by atoms with Gasteiger partial charge in [0.15, 0.2) is 0 Å². The van der Waals surface area contributed by atoms with Gasteiger partial charge in [-0.05, 0) is 56.2 Å². The number of anilines is 1. The normalized spacial score (nSPS) is 18.4. The molecule has 0 bridgehead atoms. The zero-order valence-electron chi connectivity index (χ0n) is 18.2. The van der Waals surface area contributed by atoms with E-state index in [0.717, 1.165) is 75.6 Å². The van der Waals surface area contributed by atoms with Gasteiger partial charge in [-0.2, -0.15) is 0 Å². The van der Waals surface area contributed by atoms with E-state index in [1.165, 1.54) is 11.1 Å². The third-order valence-electron chi connectivity index (χ3n) is 6.49. The lowest BCUT2D eigenvalue weighted by molar-refractivity contribution is -0.125. The first-order valence-corrected chi connectivity index (χ1v) is 11.3. The average Bonchev–Trinajstić information content (AvgIpc) is 2.79. The van der Waals surface area contributed by atoms with Gasteiger partial charge in [0.05, 0.1) is 0 Å². The Bertz CT molecular complexity index is 880. The highest BCUT2D eigenvalue weighted by Gasteiger charge is 2.26. The van der Waals surface area contributed by atoms with Crippen molar-refractivity contribution < 1.29 is 4.79 Å². The highest BCUT2D eigenvalue weighted by atomic mass is 16.1. The summed E-state index contributed by atoms with van der Waals surface area (Å²) >= 11 is 0. The molecule has 1 amide bonds. The van der Waals surface area contributed by atoms with Gasteiger partial charge >= 0.3 is 0 Å². The molecule has 30 heavy (non-hydrogen) atoms. The van der Waals surface area contributed by atoms with Crippen LogP contribution in [0.2, 0.25) is 0 Å². The lowest BCUT2D eigenvalue weighted by Crippen LogP contribution is -2.40. The van der Waals surface area contributed by atoms with Gasteiger partial charge < -0.3 is 10.2 Å². The summed E-state index contributed by atoms with van der Waals surface area (Å²) in [4.78, 5) is 26.6. The molecule has 1 atom stereocenters. The molecule has 1 aliphatic heterocycles. The molecule has 2 aromatic rings. The van der Waals surface area contributed by atoms with Gasteiger partial charge in [0.1, 0.15) is 0 Å². The van der Waals surface area contributed by atoms with E-state index in [0.29, 0.717) is 6.54 Å². The molecular weight excluding hydrogens is 374 g/mol. The first-order valence-electron chi connectivity index (χ1n) is 11.3. The largest absolute Gasteiger partial charge is 0.355 e. The van der Waals surface area contributed by atoms with E-state index < -0.39 is 0 Å². The Labute approximate surface area is 179 Å². The van der Waals surface area contributed by atoms with Gasteiger partial charge in [0.2, 0.25) is 11.9 Å². The standard InChI is InChI=1S/C24H33N5O/c1-3-29(4-2)24-26-16-21-15-19(9-10-22(21)27-24)23(30)25-12-14-28-13-11-18-7-5-6-8-20(18)17-28/h5-8,16,19H,3-4,9-15,17H2,1-2H3,(H,25,30)/t19-/m1/s1. The summed E-state index contributed by atoms with van der Waals surface area (Å²) in [5.41, 5.74) is 5.13. The Balaban J connectivity index is 1.26. The lowest BCUT2D eigenvalue weighted by Gasteiger charge is -2.29. The van der Waals surface area contributed by atoms with E-state index in [1.807, 2.05) is 6.20 Å². The third kappa shape index (κ3) is 4.64. The maximum absolute atomic E-state index is 12.7. The van der Waals surface area contributed by atoms with Gasteiger partial charge in [-0.3, -0.25) is 9.69 Å². The number of rotatable bonds is 7. The summed E-state index contributed by atoms with van der Waals surface area (Å²) < 4.78 is 0. The Morgan fingerprint density at radius 3 is 2.77 bits per heavy atom. The maximum Gasteiger partial charge on any atom is 0.225 e. The Kier molecular flexibility index (Phi) is 6.62. The number of fused-ring (bicyclic) bond motifs is 2. The maximum atomic E-state index is 12.7. The number of nitrogens with one attached hydrogen (secondary N) is 1. The minimum Gasteiger partial charge on any atom is -0.355 e. The second-order valence-corrected chi connectivity index (χ2v) is 8.34. The second-order valence-electron chi connectivity index (χ2n) is 8.34. The fraction of sp³-hybridized carbons (Fsp3) is 0.542. The molecule has 0 saturated heterocycles. The average molecular weight is 408 g/mol. The van der Waals surface area contributed by atoms with E-state index in [1.54, 1.807) is 0 Å². The number of hydrogen-bond donors (Lipinski definition) is 1. The van der Waals surface area contributed by atoms with Crippen molar-refractivity contribution in [2.75, 3.05) is 37.6 Å². The SMILES string of the molecule is CCN(CC)c1ncc2c(n1)CC[C@@H](C(=O)NCCN1CCc3ccccc3C1)C2. The highest BCUT2D eigenvalue weighted by molar-refractivity contribution is 5.79. The van der Waals surface area contributed by atoms with Gasteiger partial charge in [-0.15, -0.1) is 0 Å².